The Morgan fingerprint density at radius 3 is 2.39 bits per heavy atom. The lowest BCUT2D eigenvalue weighted by Crippen LogP contribution is -2.46. The summed E-state index contributed by atoms with van der Waals surface area (Å²) in [6.45, 7) is 8.84. The molecule has 0 N–H and O–H groups in total. The predicted octanol–water partition coefficient (Wildman–Crippen LogP) is 3.38. The van der Waals surface area contributed by atoms with Gasteiger partial charge >= 0.3 is 0 Å². The average molecular weight is 380 g/mol. The second-order valence-corrected chi connectivity index (χ2v) is 7.42. The van der Waals surface area contributed by atoms with Gasteiger partial charge in [0.2, 0.25) is 0 Å². The van der Waals surface area contributed by atoms with Crippen LogP contribution in [-0.2, 0) is 6.54 Å². The molecule has 3 heterocycles. The van der Waals surface area contributed by atoms with Gasteiger partial charge in [-0.1, -0.05) is 0 Å². The number of halogens is 1. The van der Waals surface area contributed by atoms with Crippen molar-refractivity contribution in [1.29, 1.82) is 0 Å². The first-order valence-corrected chi connectivity index (χ1v) is 9.67. The van der Waals surface area contributed by atoms with Gasteiger partial charge < -0.3 is 4.90 Å². The van der Waals surface area contributed by atoms with Crippen LogP contribution in [0.2, 0.25) is 0 Å². The molecule has 1 aromatic carbocycles. The van der Waals surface area contributed by atoms with Crippen molar-refractivity contribution in [2.45, 2.75) is 26.4 Å². The number of piperazine rings is 1. The molecular formula is C21H25FN6. The summed E-state index contributed by atoms with van der Waals surface area (Å²) in [6, 6.07) is 6.82. The highest BCUT2D eigenvalue weighted by Crippen LogP contribution is 2.27. The summed E-state index contributed by atoms with van der Waals surface area (Å²) in [5, 5.41) is 4.43. The van der Waals surface area contributed by atoms with Gasteiger partial charge in [-0.05, 0) is 38.1 Å². The van der Waals surface area contributed by atoms with Gasteiger partial charge in [0.25, 0.3) is 0 Å². The van der Waals surface area contributed by atoms with Gasteiger partial charge in [0, 0.05) is 68.5 Å². The largest absolute Gasteiger partial charge is 0.352 e. The van der Waals surface area contributed by atoms with Gasteiger partial charge in [0.05, 0.1) is 6.20 Å². The molecule has 0 bridgehead atoms. The lowest BCUT2D eigenvalue weighted by Gasteiger charge is -2.35. The summed E-state index contributed by atoms with van der Waals surface area (Å²) in [4.78, 5) is 13.8. The molecular weight excluding hydrogens is 355 g/mol. The number of anilines is 1. The van der Waals surface area contributed by atoms with E-state index in [0.717, 1.165) is 49.8 Å². The van der Waals surface area contributed by atoms with Crippen molar-refractivity contribution in [2.75, 3.05) is 31.1 Å². The minimum absolute atomic E-state index is 0.247. The average Bonchev–Trinajstić information content (AvgIpc) is 3.18. The maximum absolute atomic E-state index is 13.3. The van der Waals surface area contributed by atoms with Crippen LogP contribution < -0.4 is 4.90 Å². The van der Waals surface area contributed by atoms with Gasteiger partial charge in [-0.3, -0.25) is 14.6 Å². The minimum Gasteiger partial charge on any atom is -0.352 e. The summed E-state index contributed by atoms with van der Waals surface area (Å²) in [5.74, 6) is 0.616. The van der Waals surface area contributed by atoms with E-state index in [1.807, 2.05) is 10.9 Å². The molecule has 4 rings (SSSR count). The Morgan fingerprint density at radius 1 is 1.00 bits per heavy atom. The number of benzene rings is 1. The van der Waals surface area contributed by atoms with Crippen molar-refractivity contribution >= 4 is 5.82 Å². The lowest BCUT2D eigenvalue weighted by molar-refractivity contribution is 0.249. The fourth-order valence-electron chi connectivity index (χ4n) is 3.49. The maximum Gasteiger partial charge on any atom is 0.155 e. The first-order chi connectivity index (χ1) is 13.6. The van der Waals surface area contributed by atoms with E-state index < -0.39 is 0 Å². The number of rotatable bonds is 5. The van der Waals surface area contributed by atoms with Gasteiger partial charge in [-0.15, -0.1) is 0 Å². The fraction of sp³-hybridized carbons (Fsp3) is 0.381. The highest BCUT2D eigenvalue weighted by Gasteiger charge is 2.22. The number of nitrogens with zero attached hydrogens (tertiary/aromatic N) is 6. The van der Waals surface area contributed by atoms with Crippen LogP contribution in [0, 0.1) is 5.82 Å². The molecule has 7 heteroatoms. The van der Waals surface area contributed by atoms with Gasteiger partial charge in [-0.25, -0.2) is 9.37 Å². The Bertz CT molecular complexity index is 913. The molecule has 146 valence electrons. The zero-order valence-electron chi connectivity index (χ0n) is 16.3. The Labute approximate surface area is 164 Å². The predicted molar refractivity (Wildman–Crippen MR) is 108 cm³/mol. The third kappa shape index (κ3) is 4.04. The summed E-state index contributed by atoms with van der Waals surface area (Å²) in [6.07, 6.45) is 7.49. The first-order valence-electron chi connectivity index (χ1n) is 9.67. The van der Waals surface area contributed by atoms with Crippen molar-refractivity contribution in [3.8, 4) is 11.3 Å². The molecule has 0 amide bonds. The van der Waals surface area contributed by atoms with E-state index in [4.69, 9.17) is 0 Å². The van der Waals surface area contributed by atoms with Crippen LogP contribution in [0.15, 0.2) is 49.1 Å². The molecule has 0 spiro atoms. The third-order valence-corrected chi connectivity index (χ3v) is 5.06. The van der Waals surface area contributed by atoms with Crippen LogP contribution in [0.4, 0.5) is 10.2 Å². The molecule has 0 unspecified atom stereocenters. The Morgan fingerprint density at radius 2 is 1.71 bits per heavy atom. The van der Waals surface area contributed by atoms with Crippen molar-refractivity contribution in [2.24, 2.45) is 0 Å². The van der Waals surface area contributed by atoms with E-state index in [1.165, 1.54) is 17.7 Å². The molecule has 0 radical (unpaired) electrons. The Hall–Kier alpha value is -2.80. The maximum atomic E-state index is 13.3. The number of hydrogen-bond donors (Lipinski definition) is 0. The van der Waals surface area contributed by atoms with Crippen LogP contribution in [0.1, 0.15) is 25.5 Å². The molecule has 0 aliphatic carbocycles. The molecule has 1 aliphatic heterocycles. The molecule has 3 aromatic rings. The second-order valence-electron chi connectivity index (χ2n) is 7.42. The van der Waals surface area contributed by atoms with Gasteiger partial charge in [0.1, 0.15) is 11.5 Å². The summed E-state index contributed by atoms with van der Waals surface area (Å²) >= 11 is 0. The fourth-order valence-corrected chi connectivity index (χ4v) is 3.49. The van der Waals surface area contributed by atoms with Crippen molar-refractivity contribution in [3.63, 3.8) is 0 Å². The molecule has 1 fully saturated rings. The Kier molecular flexibility index (Phi) is 5.34. The van der Waals surface area contributed by atoms with Crippen molar-refractivity contribution < 1.29 is 4.39 Å². The van der Waals surface area contributed by atoms with Crippen molar-refractivity contribution in [1.82, 2.24) is 24.6 Å². The van der Waals surface area contributed by atoms with E-state index in [0.29, 0.717) is 6.04 Å². The van der Waals surface area contributed by atoms with Crippen LogP contribution in [0.25, 0.3) is 11.3 Å². The monoisotopic (exact) mass is 380 g/mol. The second kappa shape index (κ2) is 8.06. The summed E-state index contributed by atoms with van der Waals surface area (Å²) in [7, 11) is 0. The van der Waals surface area contributed by atoms with E-state index in [2.05, 4.69) is 44.9 Å². The highest BCUT2D eigenvalue weighted by molar-refractivity contribution is 5.72. The summed E-state index contributed by atoms with van der Waals surface area (Å²) < 4.78 is 15.3. The minimum atomic E-state index is -0.247. The number of hydrogen-bond acceptors (Lipinski definition) is 5. The lowest BCUT2D eigenvalue weighted by atomic mass is 10.1. The summed E-state index contributed by atoms with van der Waals surface area (Å²) in [5.41, 5.74) is 2.93. The molecule has 2 aromatic heterocycles. The zero-order valence-corrected chi connectivity index (χ0v) is 16.3. The van der Waals surface area contributed by atoms with Crippen molar-refractivity contribution in [3.05, 3.63) is 60.4 Å². The van der Waals surface area contributed by atoms with Gasteiger partial charge in [-0.2, -0.15) is 5.10 Å². The van der Waals surface area contributed by atoms with E-state index >= 15 is 0 Å². The van der Waals surface area contributed by atoms with E-state index in [1.54, 1.807) is 24.5 Å². The highest BCUT2D eigenvalue weighted by atomic mass is 19.1. The van der Waals surface area contributed by atoms with E-state index in [-0.39, 0.29) is 5.82 Å². The quantitative estimate of drug-likeness (QED) is 0.679. The third-order valence-electron chi connectivity index (χ3n) is 5.06. The normalized spacial score (nSPS) is 15.4. The van der Waals surface area contributed by atoms with Gasteiger partial charge in [0.15, 0.2) is 5.82 Å². The van der Waals surface area contributed by atoms with Crippen LogP contribution in [-0.4, -0.2) is 50.8 Å². The standard InChI is InChI=1S/C21H25FN6/c1-16(2)28-15-17(13-25-28)14-26-9-11-27(12-10-26)21-20(23-7-8-24-21)18-3-5-19(22)6-4-18/h3-8,13,15-16H,9-12,14H2,1-2H3. The molecule has 1 saturated heterocycles. The smallest absolute Gasteiger partial charge is 0.155 e. The molecule has 28 heavy (non-hydrogen) atoms. The van der Waals surface area contributed by atoms with Crippen LogP contribution in [0.3, 0.4) is 0 Å². The zero-order chi connectivity index (χ0) is 19.5. The SMILES string of the molecule is CC(C)n1cc(CN2CCN(c3nccnc3-c3ccc(F)cc3)CC2)cn1. The molecule has 6 nitrogen and oxygen atoms in total. The molecule has 0 saturated carbocycles. The van der Waals surface area contributed by atoms with Crippen LogP contribution >= 0.6 is 0 Å². The topological polar surface area (TPSA) is 50.1 Å². The Balaban J connectivity index is 1.43. The molecule has 0 atom stereocenters. The first kappa shape index (κ1) is 18.6. The number of aromatic nitrogens is 4. The van der Waals surface area contributed by atoms with E-state index in [9.17, 15) is 4.39 Å². The van der Waals surface area contributed by atoms with Crippen LogP contribution in [0.5, 0.6) is 0 Å². The molecule has 1 aliphatic rings.